The third-order valence-corrected chi connectivity index (χ3v) is 3.65. The van der Waals surface area contributed by atoms with Gasteiger partial charge in [0.05, 0.1) is 0 Å². The van der Waals surface area contributed by atoms with Crippen LogP contribution in [-0.2, 0) is 0 Å². The first-order chi connectivity index (χ1) is 5.79. The van der Waals surface area contributed by atoms with E-state index in [-0.39, 0.29) is 0 Å². The molecule has 0 radical (unpaired) electrons. The summed E-state index contributed by atoms with van der Waals surface area (Å²) in [6.07, 6.45) is 0. The molecular weight excluding hydrogens is 164 g/mol. The molecule has 0 spiro atoms. The minimum Gasteiger partial charge on any atom is -0.125 e. The standard InChI is InChI=1S/C11H12S/c1-8-7-12-11-6-4-3-5-10(11)9(8)2/h3-6,8H,2,7H2,1H3. The second kappa shape index (κ2) is 2.98. The molecule has 1 aromatic rings. The highest BCUT2D eigenvalue weighted by molar-refractivity contribution is 7.99. The zero-order valence-electron chi connectivity index (χ0n) is 7.21. The summed E-state index contributed by atoms with van der Waals surface area (Å²) in [7, 11) is 0. The monoisotopic (exact) mass is 176 g/mol. The minimum absolute atomic E-state index is 0.630. The second-order valence-corrected chi connectivity index (χ2v) is 4.30. The summed E-state index contributed by atoms with van der Waals surface area (Å²) in [4.78, 5) is 1.39. The van der Waals surface area contributed by atoms with Gasteiger partial charge in [-0.15, -0.1) is 11.8 Å². The molecule has 0 amide bonds. The highest BCUT2D eigenvalue weighted by Gasteiger charge is 2.18. The van der Waals surface area contributed by atoms with Crippen LogP contribution in [0.2, 0.25) is 0 Å². The maximum absolute atomic E-state index is 4.12. The van der Waals surface area contributed by atoms with E-state index in [0.29, 0.717) is 5.92 Å². The molecule has 1 aromatic carbocycles. The van der Waals surface area contributed by atoms with Gasteiger partial charge in [-0.3, -0.25) is 0 Å². The summed E-state index contributed by atoms with van der Waals surface area (Å²) in [5, 5.41) is 0. The molecule has 2 rings (SSSR count). The van der Waals surface area contributed by atoms with E-state index in [1.165, 1.54) is 21.8 Å². The largest absolute Gasteiger partial charge is 0.125 e. The molecule has 0 bridgehead atoms. The molecule has 1 aliphatic heterocycles. The molecule has 0 aromatic heterocycles. The quantitative estimate of drug-likeness (QED) is 0.583. The number of hydrogen-bond acceptors (Lipinski definition) is 1. The molecule has 1 heteroatoms. The van der Waals surface area contributed by atoms with E-state index in [0.717, 1.165) is 0 Å². The SMILES string of the molecule is C=C1c2ccccc2SCC1C. The van der Waals surface area contributed by atoms with Gasteiger partial charge in [-0.1, -0.05) is 31.7 Å². The fraction of sp³-hybridized carbons (Fsp3) is 0.273. The number of benzene rings is 1. The van der Waals surface area contributed by atoms with Crippen molar-refractivity contribution in [1.29, 1.82) is 0 Å². The van der Waals surface area contributed by atoms with Crippen molar-refractivity contribution in [2.75, 3.05) is 5.75 Å². The van der Waals surface area contributed by atoms with Crippen LogP contribution in [0, 0.1) is 5.92 Å². The molecule has 0 aliphatic carbocycles. The van der Waals surface area contributed by atoms with Crippen LogP contribution < -0.4 is 0 Å². The normalized spacial score (nSPS) is 22.1. The number of allylic oxidation sites excluding steroid dienone is 1. The smallest absolute Gasteiger partial charge is 0.0147 e. The summed E-state index contributed by atoms with van der Waals surface area (Å²) in [6, 6.07) is 8.52. The Kier molecular flexibility index (Phi) is 1.97. The van der Waals surface area contributed by atoms with Crippen molar-refractivity contribution in [3.8, 4) is 0 Å². The Bertz CT molecular complexity index is 315. The zero-order chi connectivity index (χ0) is 8.55. The predicted molar refractivity (Wildman–Crippen MR) is 55.4 cm³/mol. The van der Waals surface area contributed by atoms with Gasteiger partial charge < -0.3 is 0 Å². The lowest BCUT2D eigenvalue weighted by Crippen LogP contribution is -2.07. The molecule has 1 aliphatic rings. The van der Waals surface area contributed by atoms with Crippen LogP contribution >= 0.6 is 11.8 Å². The fourth-order valence-electron chi connectivity index (χ4n) is 1.44. The highest BCUT2D eigenvalue weighted by Crippen LogP contribution is 2.38. The summed E-state index contributed by atoms with van der Waals surface area (Å²) >= 11 is 1.94. The Morgan fingerprint density at radius 3 is 3.00 bits per heavy atom. The summed E-state index contributed by atoms with van der Waals surface area (Å²) in [5.74, 6) is 1.81. The average Bonchev–Trinajstić information content (AvgIpc) is 2.12. The van der Waals surface area contributed by atoms with Crippen LogP contribution in [0.1, 0.15) is 12.5 Å². The Balaban J connectivity index is 2.49. The van der Waals surface area contributed by atoms with Gasteiger partial charge in [0, 0.05) is 10.6 Å². The lowest BCUT2D eigenvalue weighted by molar-refractivity contribution is 0.858. The zero-order valence-corrected chi connectivity index (χ0v) is 8.03. The van der Waals surface area contributed by atoms with Crippen LogP contribution in [-0.4, -0.2) is 5.75 Å². The molecule has 0 saturated carbocycles. The fourth-order valence-corrected chi connectivity index (χ4v) is 2.60. The van der Waals surface area contributed by atoms with E-state index >= 15 is 0 Å². The lowest BCUT2D eigenvalue weighted by Gasteiger charge is -2.23. The molecule has 62 valence electrons. The second-order valence-electron chi connectivity index (χ2n) is 3.23. The third-order valence-electron chi connectivity index (χ3n) is 2.32. The third kappa shape index (κ3) is 1.18. The van der Waals surface area contributed by atoms with Gasteiger partial charge in [0.25, 0.3) is 0 Å². The Morgan fingerprint density at radius 1 is 1.42 bits per heavy atom. The lowest BCUT2D eigenvalue weighted by atomic mass is 9.96. The van der Waals surface area contributed by atoms with E-state index in [2.05, 4.69) is 37.8 Å². The molecule has 1 atom stereocenters. The van der Waals surface area contributed by atoms with Gasteiger partial charge in [-0.25, -0.2) is 0 Å². The van der Waals surface area contributed by atoms with Crippen LogP contribution in [0.4, 0.5) is 0 Å². The van der Waals surface area contributed by atoms with Crippen molar-refractivity contribution in [2.45, 2.75) is 11.8 Å². The van der Waals surface area contributed by atoms with Gasteiger partial charge in [0.2, 0.25) is 0 Å². The maximum Gasteiger partial charge on any atom is 0.0147 e. The number of rotatable bonds is 0. The Hall–Kier alpha value is -0.690. The molecule has 0 N–H and O–H groups in total. The van der Waals surface area contributed by atoms with Crippen LogP contribution in [0.3, 0.4) is 0 Å². The molecule has 12 heavy (non-hydrogen) atoms. The molecule has 0 fully saturated rings. The van der Waals surface area contributed by atoms with Crippen LogP contribution in [0.15, 0.2) is 35.7 Å². The van der Waals surface area contributed by atoms with E-state index in [1.54, 1.807) is 0 Å². The maximum atomic E-state index is 4.12. The average molecular weight is 176 g/mol. The Labute approximate surface area is 77.7 Å². The van der Waals surface area contributed by atoms with Gasteiger partial charge in [-0.05, 0) is 23.1 Å². The van der Waals surface area contributed by atoms with Gasteiger partial charge in [0.15, 0.2) is 0 Å². The van der Waals surface area contributed by atoms with E-state index in [4.69, 9.17) is 0 Å². The van der Waals surface area contributed by atoms with Crippen molar-refractivity contribution in [2.24, 2.45) is 5.92 Å². The van der Waals surface area contributed by atoms with Crippen molar-refractivity contribution >= 4 is 17.3 Å². The molecular formula is C11H12S. The van der Waals surface area contributed by atoms with Crippen LogP contribution in [0.25, 0.3) is 5.57 Å². The highest BCUT2D eigenvalue weighted by atomic mass is 32.2. The van der Waals surface area contributed by atoms with E-state index < -0.39 is 0 Å². The number of hydrogen-bond donors (Lipinski definition) is 0. The van der Waals surface area contributed by atoms with Crippen molar-refractivity contribution in [3.05, 3.63) is 36.4 Å². The van der Waals surface area contributed by atoms with Gasteiger partial charge in [0.1, 0.15) is 0 Å². The summed E-state index contributed by atoms with van der Waals surface area (Å²) in [6.45, 7) is 6.36. The van der Waals surface area contributed by atoms with E-state index in [1.807, 2.05) is 11.8 Å². The van der Waals surface area contributed by atoms with E-state index in [9.17, 15) is 0 Å². The van der Waals surface area contributed by atoms with Crippen LogP contribution in [0.5, 0.6) is 0 Å². The first-order valence-corrected chi connectivity index (χ1v) is 5.18. The topological polar surface area (TPSA) is 0 Å². The van der Waals surface area contributed by atoms with Gasteiger partial charge in [-0.2, -0.15) is 0 Å². The summed E-state index contributed by atoms with van der Waals surface area (Å²) in [5.41, 5.74) is 2.64. The first kappa shape index (κ1) is 7.93. The number of thioether (sulfide) groups is 1. The molecule has 0 nitrogen and oxygen atoms in total. The minimum atomic E-state index is 0.630. The number of fused-ring (bicyclic) bond motifs is 1. The summed E-state index contributed by atoms with van der Waals surface area (Å²) < 4.78 is 0. The van der Waals surface area contributed by atoms with Crippen molar-refractivity contribution in [3.63, 3.8) is 0 Å². The molecule has 1 unspecified atom stereocenters. The van der Waals surface area contributed by atoms with Gasteiger partial charge >= 0.3 is 0 Å². The predicted octanol–water partition coefficient (Wildman–Crippen LogP) is 3.44. The molecule has 0 saturated heterocycles. The van der Waals surface area contributed by atoms with Crippen molar-refractivity contribution in [1.82, 2.24) is 0 Å². The molecule has 1 heterocycles. The Morgan fingerprint density at radius 2 is 2.17 bits per heavy atom. The van der Waals surface area contributed by atoms with Crippen molar-refractivity contribution < 1.29 is 0 Å². The first-order valence-electron chi connectivity index (χ1n) is 4.20.